The molecule has 1 aromatic carbocycles. The summed E-state index contributed by atoms with van der Waals surface area (Å²) >= 11 is 1.46. The molecule has 0 bridgehead atoms. The standard InChI is InChI=1S/C24H30N4OS/c1-15-6-8-20(9-7-15)14-21-17(3)26-28(19(21)5)24-25-18(4)22(30-24)23(29)27-12-10-16(2)11-13-27/h6-9,16H,10-14H2,1-5H3. The predicted octanol–water partition coefficient (Wildman–Crippen LogP) is 5.03. The number of hydrogen-bond donors (Lipinski definition) is 0. The number of benzene rings is 1. The van der Waals surface area contributed by atoms with Crippen LogP contribution in [0.3, 0.4) is 0 Å². The van der Waals surface area contributed by atoms with Gasteiger partial charge in [0, 0.05) is 30.8 Å². The van der Waals surface area contributed by atoms with E-state index >= 15 is 0 Å². The summed E-state index contributed by atoms with van der Waals surface area (Å²) in [5.41, 5.74) is 6.67. The number of hydrogen-bond acceptors (Lipinski definition) is 4. The molecule has 0 aliphatic carbocycles. The highest BCUT2D eigenvalue weighted by molar-refractivity contribution is 7.16. The molecule has 158 valence electrons. The van der Waals surface area contributed by atoms with E-state index in [1.165, 1.54) is 28.0 Å². The van der Waals surface area contributed by atoms with Crippen molar-refractivity contribution in [3.8, 4) is 5.13 Å². The first-order valence-electron chi connectivity index (χ1n) is 10.7. The molecular formula is C24H30N4OS. The number of aromatic nitrogens is 3. The van der Waals surface area contributed by atoms with Gasteiger partial charge < -0.3 is 4.90 Å². The van der Waals surface area contributed by atoms with Crippen LogP contribution in [-0.4, -0.2) is 38.7 Å². The van der Waals surface area contributed by atoms with Crippen molar-refractivity contribution in [1.29, 1.82) is 0 Å². The van der Waals surface area contributed by atoms with Gasteiger partial charge in [0.1, 0.15) is 4.88 Å². The van der Waals surface area contributed by atoms with E-state index in [9.17, 15) is 4.79 Å². The maximum absolute atomic E-state index is 13.1. The molecule has 2 aromatic heterocycles. The lowest BCUT2D eigenvalue weighted by atomic mass is 9.99. The molecule has 0 radical (unpaired) electrons. The normalized spacial score (nSPS) is 15.0. The Balaban J connectivity index is 1.60. The maximum Gasteiger partial charge on any atom is 0.265 e. The Morgan fingerprint density at radius 2 is 1.73 bits per heavy atom. The zero-order valence-electron chi connectivity index (χ0n) is 18.5. The first-order valence-corrected chi connectivity index (χ1v) is 11.5. The lowest BCUT2D eigenvalue weighted by Gasteiger charge is -2.29. The van der Waals surface area contributed by atoms with E-state index in [-0.39, 0.29) is 5.91 Å². The quantitative estimate of drug-likeness (QED) is 0.593. The van der Waals surface area contributed by atoms with Crippen LogP contribution in [0, 0.1) is 33.6 Å². The van der Waals surface area contributed by atoms with E-state index < -0.39 is 0 Å². The van der Waals surface area contributed by atoms with E-state index in [0.29, 0.717) is 5.92 Å². The number of piperidine rings is 1. The number of thiazole rings is 1. The first-order chi connectivity index (χ1) is 14.3. The maximum atomic E-state index is 13.1. The monoisotopic (exact) mass is 422 g/mol. The predicted molar refractivity (Wildman–Crippen MR) is 122 cm³/mol. The van der Waals surface area contributed by atoms with E-state index in [2.05, 4.69) is 52.0 Å². The smallest absolute Gasteiger partial charge is 0.265 e. The van der Waals surface area contributed by atoms with Gasteiger partial charge in [-0.15, -0.1) is 0 Å². The van der Waals surface area contributed by atoms with Gasteiger partial charge in [0.2, 0.25) is 5.13 Å². The Kier molecular flexibility index (Phi) is 5.78. The summed E-state index contributed by atoms with van der Waals surface area (Å²) in [5.74, 6) is 0.818. The minimum Gasteiger partial charge on any atom is -0.338 e. The van der Waals surface area contributed by atoms with E-state index in [1.807, 2.05) is 16.5 Å². The lowest BCUT2D eigenvalue weighted by molar-refractivity contribution is 0.0701. The minimum absolute atomic E-state index is 0.115. The van der Waals surface area contributed by atoms with Crippen molar-refractivity contribution in [2.24, 2.45) is 5.92 Å². The Bertz CT molecular complexity index is 1060. The fourth-order valence-corrected chi connectivity index (χ4v) is 5.09. The van der Waals surface area contributed by atoms with Crippen LogP contribution in [0.25, 0.3) is 5.13 Å². The molecule has 1 saturated heterocycles. The van der Waals surface area contributed by atoms with Gasteiger partial charge in [-0.3, -0.25) is 4.79 Å². The van der Waals surface area contributed by atoms with Crippen LogP contribution in [0.2, 0.25) is 0 Å². The number of likely N-dealkylation sites (tertiary alicyclic amines) is 1. The molecule has 1 fully saturated rings. The zero-order chi connectivity index (χ0) is 21.4. The molecule has 3 heterocycles. The average molecular weight is 423 g/mol. The molecule has 6 heteroatoms. The highest BCUT2D eigenvalue weighted by Gasteiger charge is 2.26. The molecular weight excluding hydrogens is 392 g/mol. The van der Waals surface area contributed by atoms with Crippen LogP contribution < -0.4 is 0 Å². The van der Waals surface area contributed by atoms with Gasteiger partial charge in [-0.1, -0.05) is 48.1 Å². The van der Waals surface area contributed by atoms with Gasteiger partial charge in [-0.05, 0) is 52.0 Å². The van der Waals surface area contributed by atoms with E-state index in [4.69, 9.17) is 10.1 Å². The molecule has 0 saturated carbocycles. The van der Waals surface area contributed by atoms with Crippen LogP contribution in [-0.2, 0) is 6.42 Å². The van der Waals surface area contributed by atoms with Crippen LogP contribution in [0.15, 0.2) is 24.3 Å². The summed E-state index contributed by atoms with van der Waals surface area (Å²) in [7, 11) is 0. The minimum atomic E-state index is 0.115. The van der Waals surface area contributed by atoms with Gasteiger partial charge in [0.05, 0.1) is 11.4 Å². The summed E-state index contributed by atoms with van der Waals surface area (Å²) in [6.45, 7) is 12.1. The van der Waals surface area contributed by atoms with Crippen LogP contribution >= 0.6 is 11.3 Å². The van der Waals surface area contributed by atoms with Gasteiger partial charge in [0.15, 0.2) is 0 Å². The van der Waals surface area contributed by atoms with Crippen LogP contribution in [0.5, 0.6) is 0 Å². The Labute approximate surface area is 182 Å². The Hall–Kier alpha value is -2.47. The van der Waals surface area contributed by atoms with Crippen molar-refractivity contribution >= 4 is 17.2 Å². The summed E-state index contributed by atoms with van der Waals surface area (Å²) in [6, 6.07) is 8.65. The van der Waals surface area contributed by atoms with Crippen molar-refractivity contribution in [2.45, 2.75) is 53.9 Å². The lowest BCUT2D eigenvalue weighted by Crippen LogP contribution is -2.37. The highest BCUT2D eigenvalue weighted by Crippen LogP contribution is 2.28. The first kappa shape index (κ1) is 20.8. The number of carbonyl (C=O) groups is 1. The van der Waals surface area contributed by atoms with Crippen molar-refractivity contribution in [3.05, 3.63) is 62.9 Å². The Morgan fingerprint density at radius 1 is 1.07 bits per heavy atom. The van der Waals surface area contributed by atoms with Crippen molar-refractivity contribution in [1.82, 2.24) is 19.7 Å². The van der Waals surface area contributed by atoms with Gasteiger partial charge in [0.25, 0.3) is 5.91 Å². The van der Waals surface area contributed by atoms with Crippen molar-refractivity contribution in [2.75, 3.05) is 13.1 Å². The molecule has 0 N–H and O–H groups in total. The number of nitrogens with zero attached hydrogens (tertiary/aromatic N) is 4. The second kappa shape index (κ2) is 8.34. The number of rotatable bonds is 4. The van der Waals surface area contributed by atoms with Crippen molar-refractivity contribution < 1.29 is 4.79 Å². The van der Waals surface area contributed by atoms with E-state index in [0.717, 1.165) is 59.4 Å². The topological polar surface area (TPSA) is 51.0 Å². The molecule has 0 atom stereocenters. The summed E-state index contributed by atoms with van der Waals surface area (Å²) in [4.78, 5) is 20.5. The zero-order valence-corrected chi connectivity index (χ0v) is 19.3. The second-order valence-corrected chi connectivity index (χ2v) is 9.59. The fraction of sp³-hybridized carbons (Fsp3) is 0.458. The highest BCUT2D eigenvalue weighted by atomic mass is 32.1. The summed E-state index contributed by atoms with van der Waals surface area (Å²) in [5, 5.41) is 5.55. The fourth-order valence-electron chi connectivity index (χ4n) is 4.05. The molecule has 1 amide bonds. The number of carbonyl (C=O) groups excluding carboxylic acids is 1. The van der Waals surface area contributed by atoms with Crippen molar-refractivity contribution in [3.63, 3.8) is 0 Å². The molecule has 1 aliphatic rings. The van der Waals surface area contributed by atoms with Gasteiger partial charge in [-0.2, -0.15) is 5.10 Å². The summed E-state index contributed by atoms with van der Waals surface area (Å²) in [6.07, 6.45) is 3.01. The largest absolute Gasteiger partial charge is 0.338 e. The van der Waals surface area contributed by atoms with Crippen LogP contribution in [0.4, 0.5) is 0 Å². The van der Waals surface area contributed by atoms with Gasteiger partial charge >= 0.3 is 0 Å². The molecule has 5 nitrogen and oxygen atoms in total. The molecule has 4 rings (SSSR count). The molecule has 30 heavy (non-hydrogen) atoms. The van der Waals surface area contributed by atoms with E-state index in [1.54, 1.807) is 0 Å². The third-order valence-electron chi connectivity index (χ3n) is 6.17. The average Bonchev–Trinajstić information content (AvgIpc) is 3.24. The molecule has 3 aromatic rings. The van der Waals surface area contributed by atoms with Crippen LogP contribution in [0.1, 0.15) is 63.2 Å². The molecule has 0 spiro atoms. The third kappa shape index (κ3) is 4.06. The SMILES string of the molecule is Cc1ccc(Cc2c(C)nn(-c3nc(C)c(C(=O)N4CCC(C)CC4)s3)c2C)cc1. The number of aryl methyl sites for hydroxylation is 3. The third-order valence-corrected chi connectivity index (χ3v) is 7.30. The Morgan fingerprint density at radius 3 is 2.40 bits per heavy atom. The second-order valence-electron chi connectivity index (χ2n) is 8.61. The van der Waals surface area contributed by atoms with Gasteiger partial charge in [-0.25, -0.2) is 9.67 Å². The molecule has 1 aliphatic heterocycles. The molecule has 0 unspecified atom stereocenters. The summed E-state index contributed by atoms with van der Waals surface area (Å²) < 4.78 is 1.91. The number of amides is 1.